The lowest BCUT2D eigenvalue weighted by Crippen LogP contribution is -2.21. The first-order valence-corrected chi connectivity index (χ1v) is 7.57. The van der Waals surface area contributed by atoms with Gasteiger partial charge in [-0.1, -0.05) is 37.6 Å². The fourth-order valence-corrected chi connectivity index (χ4v) is 2.11. The van der Waals surface area contributed by atoms with E-state index in [2.05, 4.69) is 36.4 Å². The van der Waals surface area contributed by atoms with E-state index in [0.29, 0.717) is 24.2 Å². The maximum absolute atomic E-state index is 5.98. The van der Waals surface area contributed by atoms with Gasteiger partial charge in [-0.2, -0.15) is 5.10 Å². The minimum Gasteiger partial charge on any atom is -0.492 e. The molecule has 0 spiro atoms. The highest BCUT2D eigenvalue weighted by atomic mass is 35.5. The molecule has 0 aliphatic rings. The minimum atomic E-state index is 0.474. The van der Waals surface area contributed by atoms with Gasteiger partial charge in [-0.25, -0.2) is 0 Å². The second-order valence-electron chi connectivity index (χ2n) is 5.33. The van der Waals surface area contributed by atoms with E-state index in [-0.39, 0.29) is 0 Å². The van der Waals surface area contributed by atoms with Gasteiger partial charge in [0.15, 0.2) is 0 Å². The summed E-state index contributed by atoms with van der Waals surface area (Å²) >= 11 is 5.98. The molecule has 1 N–H and O–H groups in total. The van der Waals surface area contributed by atoms with Crippen LogP contribution < -0.4 is 10.1 Å². The Hall–Kier alpha value is -1.52. The van der Waals surface area contributed by atoms with Gasteiger partial charge in [-0.05, 0) is 24.6 Å². The van der Waals surface area contributed by atoms with Crippen molar-refractivity contribution in [1.29, 1.82) is 0 Å². The van der Waals surface area contributed by atoms with Crippen molar-refractivity contribution >= 4 is 11.6 Å². The molecule has 0 aliphatic carbocycles. The van der Waals surface area contributed by atoms with Crippen molar-refractivity contribution in [3.8, 4) is 5.75 Å². The van der Waals surface area contributed by atoms with E-state index in [4.69, 9.17) is 16.3 Å². The summed E-state index contributed by atoms with van der Waals surface area (Å²) in [6, 6.07) is 8.63. The summed E-state index contributed by atoms with van der Waals surface area (Å²) in [5.41, 5.74) is 2.19. The Balaban J connectivity index is 1.85. The minimum absolute atomic E-state index is 0.474. The molecule has 0 saturated heterocycles. The van der Waals surface area contributed by atoms with Gasteiger partial charge >= 0.3 is 0 Å². The van der Waals surface area contributed by atoms with Gasteiger partial charge < -0.3 is 10.1 Å². The molecule has 0 bridgehead atoms. The fraction of sp³-hybridized carbons (Fsp3) is 0.438. The maximum Gasteiger partial charge on any atom is 0.119 e. The van der Waals surface area contributed by atoms with Crippen LogP contribution in [0.4, 0.5) is 0 Å². The number of nitrogens with one attached hydrogen (secondary N) is 1. The molecule has 0 aliphatic heterocycles. The number of nitrogens with zero attached hydrogens (tertiary/aromatic N) is 2. The van der Waals surface area contributed by atoms with Crippen LogP contribution in [0.2, 0.25) is 5.02 Å². The Morgan fingerprint density at radius 2 is 2.19 bits per heavy atom. The van der Waals surface area contributed by atoms with Gasteiger partial charge in [0, 0.05) is 12.6 Å². The number of rotatable bonds is 7. The number of ether oxygens (including phenoxy) is 1. The van der Waals surface area contributed by atoms with Gasteiger partial charge in [-0.15, -0.1) is 0 Å². The average molecular weight is 308 g/mol. The third-order valence-electron chi connectivity index (χ3n) is 3.23. The molecule has 0 saturated carbocycles. The van der Waals surface area contributed by atoms with E-state index >= 15 is 0 Å². The van der Waals surface area contributed by atoms with Gasteiger partial charge in [-0.3, -0.25) is 4.68 Å². The highest BCUT2D eigenvalue weighted by Crippen LogP contribution is 2.15. The molecule has 0 unspecified atom stereocenters. The lowest BCUT2D eigenvalue weighted by atomic mass is 10.2. The van der Waals surface area contributed by atoms with Crippen LogP contribution in [0.25, 0.3) is 0 Å². The molecule has 1 aromatic heterocycles. The Labute approximate surface area is 131 Å². The third kappa shape index (κ3) is 4.76. The van der Waals surface area contributed by atoms with Crippen LogP contribution >= 0.6 is 11.6 Å². The molecule has 0 radical (unpaired) electrons. The number of benzene rings is 1. The van der Waals surface area contributed by atoms with Gasteiger partial charge in [0.25, 0.3) is 0 Å². The van der Waals surface area contributed by atoms with E-state index in [0.717, 1.165) is 18.0 Å². The Bertz CT molecular complexity index is 581. The summed E-state index contributed by atoms with van der Waals surface area (Å²) in [6.45, 7) is 8.33. The predicted octanol–water partition coefficient (Wildman–Crippen LogP) is 3.42. The van der Waals surface area contributed by atoms with E-state index in [1.54, 1.807) is 6.20 Å². The van der Waals surface area contributed by atoms with Crippen LogP contribution in [-0.4, -0.2) is 22.4 Å². The second kappa shape index (κ2) is 7.48. The summed E-state index contributed by atoms with van der Waals surface area (Å²) in [4.78, 5) is 0. The molecular formula is C16H22ClN3O. The molecule has 4 nitrogen and oxygen atoms in total. The molecule has 2 rings (SSSR count). The van der Waals surface area contributed by atoms with Crippen molar-refractivity contribution in [2.45, 2.75) is 39.9 Å². The molecule has 5 heteroatoms. The maximum atomic E-state index is 5.98. The van der Waals surface area contributed by atoms with Crippen molar-refractivity contribution in [1.82, 2.24) is 15.1 Å². The lowest BCUT2D eigenvalue weighted by Gasteiger charge is -2.11. The SMILES string of the molecule is Cc1c(Cl)cnn1CCOc1cccc(CNC(C)C)c1. The van der Waals surface area contributed by atoms with Crippen LogP contribution in [0.3, 0.4) is 0 Å². The van der Waals surface area contributed by atoms with Crippen LogP contribution in [-0.2, 0) is 13.1 Å². The summed E-state index contributed by atoms with van der Waals surface area (Å²) in [5.74, 6) is 0.883. The number of halogens is 1. The zero-order valence-electron chi connectivity index (χ0n) is 12.8. The van der Waals surface area contributed by atoms with E-state index in [1.165, 1.54) is 5.56 Å². The second-order valence-corrected chi connectivity index (χ2v) is 5.74. The van der Waals surface area contributed by atoms with Crippen LogP contribution in [0.1, 0.15) is 25.1 Å². The lowest BCUT2D eigenvalue weighted by molar-refractivity contribution is 0.289. The summed E-state index contributed by atoms with van der Waals surface area (Å²) < 4.78 is 7.64. The Morgan fingerprint density at radius 1 is 1.38 bits per heavy atom. The van der Waals surface area contributed by atoms with Crippen molar-refractivity contribution in [2.75, 3.05) is 6.61 Å². The highest BCUT2D eigenvalue weighted by molar-refractivity contribution is 6.31. The van der Waals surface area contributed by atoms with Crippen molar-refractivity contribution < 1.29 is 4.74 Å². The Kier molecular flexibility index (Phi) is 5.65. The number of hydrogen-bond acceptors (Lipinski definition) is 3. The van der Waals surface area contributed by atoms with E-state index in [1.807, 2.05) is 23.7 Å². The van der Waals surface area contributed by atoms with Gasteiger partial charge in [0.1, 0.15) is 12.4 Å². The smallest absolute Gasteiger partial charge is 0.119 e. The molecule has 1 heterocycles. The predicted molar refractivity (Wildman–Crippen MR) is 85.9 cm³/mol. The molecular weight excluding hydrogens is 286 g/mol. The molecule has 114 valence electrons. The van der Waals surface area contributed by atoms with E-state index in [9.17, 15) is 0 Å². The monoisotopic (exact) mass is 307 g/mol. The average Bonchev–Trinajstić information content (AvgIpc) is 2.78. The van der Waals surface area contributed by atoms with Crippen LogP contribution in [0.5, 0.6) is 5.75 Å². The fourth-order valence-electron chi connectivity index (χ4n) is 1.97. The highest BCUT2D eigenvalue weighted by Gasteiger charge is 2.04. The number of hydrogen-bond donors (Lipinski definition) is 1. The van der Waals surface area contributed by atoms with Crippen LogP contribution in [0.15, 0.2) is 30.5 Å². The zero-order chi connectivity index (χ0) is 15.2. The normalized spacial score (nSPS) is 11.1. The van der Waals surface area contributed by atoms with Gasteiger partial charge in [0.2, 0.25) is 0 Å². The largest absolute Gasteiger partial charge is 0.492 e. The molecule has 2 aromatic rings. The third-order valence-corrected chi connectivity index (χ3v) is 3.60. The van der Waals surface area contributed by atoms with Crippen molar-refractivity contribution in [2.24, 2.45) is 0 Å². The summed E-state index contributed by atoms with van der Waals surface area (Å²) in [6.07, 6.45) is 1.66. The number of aromatic nitrogens is 2. The first-order chi connectivity index (χ1) is 10.1. The van der Waals surface area contributed by atoms with Gasteiger partial charge in [0.05, 0.1) is 23.5 Å². The molecule has 1 aromatic carbocycles. The summed E-state index contributed by atoms with van der Waals surface area (Å²) in [5, 5.41) is 8.30. The zero-order valence-corrected chi connectivity index (χ0v) is 13.5. The van der Waals surface area contributed by atoms with Crippen LogP contribution in [0, 0.1) is 6.92 Å². The first-order valence-electron chi connectivity index (χ1n) is 7.19. The molecule has 21 heavy (non-hydrogen) atoms. The molecule has 0 fully saturated rings. The van der Waals surface area contributed by atoms with E-state index < -0.39 is 0 Å². The quantitative estimate of drug-likeness (QED) is 0.852. The first kappa shape index (κ1) is 15.9. The van der Waals surface area contributed by atoms with Crippen molar-refractivity contribution in [3.05, 3.63) is 46.7 Å². The standard InChI is InChI=1S/C16H22ClN3O/c1-12(2)18-10-14-5-4-6-15(9-14)21-8-7-20-13(3)16(17)11-19-20/h4-6,9,11-12,18H,7-8,10H2,1-3H3. The molecule has 0 amide bonds. The topological polar surface area (TPSA) is 39.1 Å². The van der Waals surface area contributed by atoms with Crippen molar-refractivity contribution in [3.63, 3.8) is 0 Å². The summed E-state index contributed by atoms with van der Waals surface area (Å²) in [7, 11) is 0. The molecule has 0 atom stereocenters. The Morgan fingerprint density at radius 3 is 2.86 bits per heavy atom.